The van der Waals surface area contributed by atoms with Gasteiger partial charge in [0.25, 0.3) is 5.91 Å². The molecule has 2 aromatic carbocycles. The number of carbonyl (C=O) groups excluding carboxylic acids is 2. The van der Waals surface area contributed by atoms with Crippen LogP contribution in [0.4, 0.5) is 4.79 Å². The van der Waals surface area contributed by atoms with Gasteiger partial charge in [0, 0.05) is 26.7 Å². The van der Waals surface area contributed by atoms with Gasteiger partial charge in [-0.25, -0.2) is 4.79 Å². The van der Waals surface area contributed by atoms with Gasteiger partial charge in [-0.15, -0.1) is 0 Å². The first-order valence-electron chi connectivity index (χ1n) is 9.57. The van der Waals surface area contributed by atoms with Crippen LogP contribution in [0.1, 0.15) is 18.4 Å². The molecule has 3 amide bonds. The minimum Gasteiger partial charge on any atom is -0.497 e. The number of piperidine rings is 1. The lowest BCUT2D eigenvalue weighted by Gasteiger charge is -2.37. The van der Waals surface area contributed by atoms with Gasteiger partial charge in [-0.2, -0.15) is 0 Å². The van der Waals surface area contributed by atoms with Crippen LogP contribution in [0.15, 0.2) is 48.5 Å². The molecule has 0 bridgehead atoms. The molecule has 28 heavy (non-hydrogen) atoms. The van der Waals surface area contributed by atoms with Gasteiger partial charge >= 0.3 is 6.03 Å². The highest BCUT2D eigenvalue weighted by molar-refractivity contribution is 6.06. The van der Waals surface area contributed by atoms with Crippen molar-refractivity contribution >= 4 is 11.9 Å². The summed E-state index contributed by atoms with van der Waals surface area (Å²) in [6, 6.07) is 16.3. The van der Waals surface area contributed by atoms with E-state index < -0.39 is 5.54 Å². The Morgan fingerprint density at radius 3 is 2.36 bits per heavy atom. The van der Waals surface area contributed by atoms with Crippen molar-refractivity contribution in [1.82, 2.24) is 15.1 Å². The van der Waals surface area contributed by atoms with Gasteiger partial charge in [0.05, 0.1) is 7.11 Å². The van der Waals surface area contributed by atoms with Gasteiger partial charge in [0.2, 0.25) is 0 Å². The number of benzene rings is 2. The highest BCUT2D eigenvalue weighted by Crippen LogP contribution is 2.30. The summed E-state index contributed by atoms with van der Waals surface area (Å²) in [4.78, 5) is 27.8. The summed E-state index contributed by atoms with van der Waals surface area (Å²) in [6.07, 6.45) is 1.31. The number of rotatable bonds is 4. The summed E-state index contributed by atoms with van der Waals surface area (Å²) in [5, 5.41) is 2.89. The second-order valence-electron chi connectivity index (χ2n) is 7.58. The van der Waals surface area contributed by atoms with Crippen molar-refractivity contribution in [2.24, 2.45) is 0 Å². The zero-order valence-electron chi connectivity index (χ0n) is 16.3. The number of amides is 3. The van der Waals surface area contributed by atoms with Crippen molar-refractivity contribution in [3.8, 4) is 16.9 Å². The van der Waals surface area contributed by atoms with Crippen LogP contribution in [0.25, 0.3) is 11.1 Å². The SMILES string of the molecule is COc1ccc(-c2cccc(CN3CCC4(CC3)NC(=O)N(C)C4=O)c2)cc1. The molecule has 0 aromatic heterocycles. The van der Waals surface area contributed by atoms with Gasteiger partial charge < -0.3 is 10.1 Å². The molecule has 2 aliphatic heterocycles. The van der Waals surface area contributed by atoms with Gasteiger partial charge in [-0.05, 0) is 47.7 Å². The highest BCUT2D eigenvalue weighted by Gasteiger charge is 2.50. The van der Waals surface area contributed by atoms with Gasteiger partial charge in [-0.3, -0.25) is 14.6 Å². The number of likely N-dealkylation sites (tertiary alicyclic amines) is 1. The van der Waals surface area contributed by atoms with Crippen LogP contribution in [0.2, 0.25) is 0 Å². The molecule has 6 nitrogen and oxygen atoms in total. The molecule has 4 rings (SSSR count). The minimum absolute atomic E-state index is 0.0985. The Morgan fingerprint density at radius 1 is 1.04 bits per heavy atom. The van der Waals surface area contributed by atoms with Crippen LogP contribution >= 0.6 is 0 Å². The van der Waals surface area contributed by atoms with Crippen molar-refractivity contribution in [3.05, 3.63) is 54.1 Å². The van der Waals surface area contributed by atoms with Gasteiger partial charge in [0.1, 0.15) is 11.3 Å². The average molecular weight is 379 g/mol. The third-order valence-corrected chi connectivity index (χ3v) is 5.83. The molecule has 2 fully saturated rings. The fourth-order valence-corrected chi connectivity index (χ4v) is 4.08. The summed E-state index contributed by atoms with van der Waals surface area (Å²) in [6.45, 7) is 2.40. The molecule has 2 saturated heterocycles. The maximum absolute atomic E-state index is 12.4. The maximum atomic E-state index is 12.4. The van der Waals surface area contributed by atoms with E-state index in [1.165, 1.54) is 16.0 Å². The molecular weight excluding hydrogens is 354 g/mol. The normalized spacial score (nSPS) is 19.1. The Balaban J connectivity index is 1.42. The quantitative estimate of drug-likeness (QED) is 0.830. The third kappa shape index (κ3) is 3.36. The van der Waals surface area contributed by atoms with E-state index in [0.29, 0.717) is 12.8 Å². The Kier molecular flexibility index (Phi) is 4.81. The van der Waals surface area contributed by atoms with Crippen molar-refractivity contribution in [3.63, 3.8) is 0 Å². The summed E-state index contributed by atoms with van der Waals surface area (Å²) < 4.78 is 5.23. The van der Waals surface area contributed by atoms with Gasteiger partial charge in [-0.1, -0.05) is 30.3 Å². The van der Waals surface area contributed by atoms with Crippen LogP contribution < -0.4 is 10.1 Å². The van der Waals surface area contributed by atoms with Crippen LogP contribution in [0.5, 0.6) is 5.75 Å². The van der Waals surface area contributed by atoms with Crippen molar-refractivity contribution in [2.75, 3.05) is 27.2 Å². The van der Waals surface area contributed by atoms with Crippen molar-refractivity contribution in [2.45, 2.75) is 24.9 Å². The summed E-state index contributed by atoms with van der Waals surface area (Å²) in [7, 11) is 3.21. The molecule has 1 spiro atoms. The number of nitrogens with zero attached hydrogens (tertiary/aromatic N) is 2. The Hall–Kier alpha value is -2.86. The van der Waals surface area contributed by atoms with E-state index in [1.54, 1.807) is 14.2 Å². The monoisotopic (exact) mass is 379 g/mol. The van der Waals surface area contributed by atoms with Crippen LogP contribution in [0.3, 0.4) is 0 Å². The van der Waals surface area contributed by atoms with E-state index in [4.69, 9.17) is 4.74 Å². The number of methoxy groups -OCH3 is 1. The Labute approximate surface area is 165 Å². The number of likely N-dealkylation sites (N-methyl/N-ethyl adjacent to an activating group) is 1. The van der Waals surface area contributed by atoms with Crippen LogP contribution in [-0.4, -0.2) is 54.5 Å². The Bertz CT molecular complexity index is 886. The predicted molar refractivity (Wildman–Crippen MR) is 107 cm³/mol. The molecule has 2 heterocycles. The molecule has 2 aromatic rings. The molecule has 146 valence electrons. The summed E-state index contributed by atoms with van der Waals surface area (Å²) in [5.74, 6) is 0.750. The smallest absolute Gasteiger partial charge is 0.324 e. The molecule has 1 N–H and O–H groups in total. The summed E-state index contributed by atoms with van der Waals surface area (Å²) >= 11 is 0. The first kappa shape index (κ1) is 18.5. The zero-order valence-corrected chi connectivity index (χ0v) is 16.3. The topological polar surface area (TPSA) is 61.9 Å². The van der Waals surface area contributed by atoms with Gasteiger partial charge in [0.15, 0.2) is 0 Å². The van der Waals surface area contributed by atoms with E-state index >= 15 is 0 Å². The van der Waals surface area contributed by atoms with Crippen molar-refractivity contribution in [1.29, 1.82) is 0 Å². The largest absolute Gasteiger partial charge is 0.497 e. The first-order chi connectivity index (χ1) is 13.5. The predicted octanol–water partition coefficient (Wildman–Crippen LogP) is 2.88. The lowest BCUT2D eigenvalue weighted by atomic mass is 9.87. The average Bonchev–Trinajstić information content (AvgIpc) is 2.94. The molecule has 0 saturated carbocycles. The van der Waals surface area contributed by atoms with Crippen LogP contribution in [0, 0.1) is 0 Å². The highest BCUT2D eigenvalue weighted by atomic mass is 16.5. The summed E-state index contributed by atoms with van der Waals surface area (Å²) in [5.41, 5.74) is 2.87. The number of urea groups is 1. The number of ether oxygens (including phenoxy) is 1. The second-order valence-corrected chi connectivity index (χ2v) is 7.58. The van der Waals surface area contributed by atoms with E-state index in [0.717, 1.165) is 30.9 Å². The Morgan fingerprint density at radius 2 is 1.75 bits per heavy atom. The molecule has 0 atom stereocenters. The van der Waals surface area contributed by atoms with Crippen molar-refractivity contribution < 1.29 is 14.3 Å². The number of nitrogens with one attached hydrogen (secondary N) is 1. The lowest BCUT2D eigenvalue weighted by molar-refractivity contribution is -0.132. The minimum atomic E-state index is -0.701. The first-order valence-corrected chi connectivity index (χ1v) is 9.57. The lowest BCUT2D eigenvalue weighted by Crippen LogP contribution is -2.54. The van der Waals surface area contributed by atoms with E-state index in [1.807, 2.05) is 12.1 Å². The molecule has 0 radical (unpaired) electrons. The second kappa shape index (κ2) is 7.28. The third-order valence-electron chi connectivity index (χ3n) is 5.83. The maximum Gasteiger partial charge on any atom is 0.324 e. The van der Waals surface area contributed by atoms with Crippen LogP contribution in [-0.2, 0) is 11.3 Å². The molecule has 0 aliphatic carbocycles. The molecule has 6 heteroatoms. The van der Waals surface area contributed by atoms with E-state index in [-0.39, 0.29) is 11.9 Å². The van der Waals surface area contributed by atoms with E-state index in [9.17, 15) is 9.59 Å². The molecule has 2 aliphatic rings. The number of hydrogen-bond donors (Lipinski definition) is 1. The molecule has 0 unspecified atom stereocenters. The zero-order chi connectivity index (χ0) is 19.7. The number of hydrogen-bond acceptors (Lipinski definition) is 4. The fraction of sp³-hybridized carbons (Fsp3) is 0.364. The fourth-order valence-electron chi connectivity index (χ4n) is 4.08. The number of carbonyl (C=O) groups is 2. The number of imide groups is 1. The molecular formula is C22H25N3O3. The standard InChI is InChI=1S/C22H25N3O3/c1-24-20(26)22(23-21(24)27)10-12-25(13-11-22)15-16-4-3-5-18(14-16)17-6-8-19(28-2)9-7-17/h3-9,14H,10-13,15H2,1-2H3,(H,23,27). The van der Waals surface area contributed by atoms with E-state index in [2.05, 4.69) is 46.6 Å².